The molecule has 3 rings (SSSR count). The predicted octanol–water partition coefficient (Wildman–Crippen LogP) is 3.70. The first-order chi connectivity index (χ1) is 9.81. The van der Waals surface area contributed by atoms with Gasteiger partial charge in [-0.1, -0.05) is 32.4 Å². The van der Waals surface area contributed by atoms with E-state index in [2.05, 4.69) is 47.9 Å². The van der Waals surface area contributed by atoms with Gasteiger partial charge in [0.05, 0.1) is 0 Å². The number of rotatable bonds is 3. The van der Waals surface area contributed by atoms with Crippen molar-refractivity contribution in [3.05, 3.63) is 29.8 Å². The number of benzene rings is 1. The average molecular weight is 272 g/mol. The van der Waals surface area contributed by atoms with Crippen LogP contribution in [0.2, 0.25) is 0 Å². The minimum absolute atomic E-state index is 0.691. The molecule has 1 aromatic rings. The Balaban J connectivity index is 1.82. The Labute approximate surface area is 123 Å². The molecule has 2 atom stereocenters. The van der Waals surface area contributed by atoms with Gasteiger partial charge in [-0.05, 0) is 49.9 Å². The number of piperazine rings is 1. The van der Waals surface area contributed by atoms with Crippen molar-refractivity contribution < 1.29 is 0 Å². The molecule has 2 aliphatic rings. The van der Waals surface area contributed by atoms with Crippen molar-refractivity contribution in [1.29, 1.82) is 0 Å². The number of fused-ring (bicyclic) bond motifs is 1. The predicted molar refractivity (Wildman–Crippen MR) is 86.5 cm³/mol. The van der Waals surface area contributed by atoms with Gasteiger partial charge in [0.1, 0.15) is 0 Å². The summed E-state index contributed by atoms with van der Waals surface area (Å²) in [6, 6.07) is 10.7. The number of aryl methyl sites for hydroxylation is 1. The van der Waals surface area contributed by atoms with E-state index in [0.29, 0.717) is 6.04 Å². The van der Waals surface area contributed by atoms with Gasteiger partial charge in [0, 0.05) is 30.9 Å². The Bertz CT molecular complexity index is 443. The van der Waals surface area contributed by atoms with Crippen LogP contribution in [0.15, 0.2) is 24.3 Å². The summed E-state index contributed by atoms with van der Waals surface area (Å²) >= 11 is 0. The maximum Gasteiger partial charge on any atom is 0.0415 e. The SMILES string of the molecule is CCc1cccc(N2CC3CCCCN3CC2CC)c1. The summed E-state index contributed by atoms with van der Waals surface area (Å²) in [7, 11) is 0. The molecule has 0 aliphatic carbocycles. The Hall–Kier alpha value is -1.02. The van der Waals surface area contributed by atoms with Gasteiger partial charge < -0.3 is 4.90 Å². The van der Waals surface area contributed by atoms with E-state index < -0.39 is 0 Å². The topological polar surface area (TPSA) is 6.48 Å². The third-order valence-electron chi connectivity index (χ3n) is 5.16. The van der Waals surface area contributed by atoms with Gasteiger partial charge in [-0.2, -0.15) is 0 Å². The molecule has 2 heterocycles. The van der Waals surface area contributed by atoms with Crippen LogP contribution in [-0.4, -0.2) is 36.6 Å². The van der Waals surface area contributed by atoms with Crippen molar-refractivity contribution in [2.24, 2.45) is 0 Å². The fourth-order valence-electron chi connectivity index (χ4n) is 3.87. The van der Waals surface area contributed by atoms with Crippen LogP contribution < -0.4 is 4.90 Å². The fourth-order valence-corrected chi connectivity index (χ4v) is 3.87. The molecular formula is C18H28N2. The Morgan fingerprint density at radius 2 is 2.05 bits per heavy atom. The maximum atomic E-state index is 2.75. The van der Waals surface area contributed by atoms with Crippen LogP contribution >= 0.6 is 0 Å². The molecule has 0 spiro atoms. The molecular weight excluding hydrogens is 244 g/mol. The van der Waals surface area contributed by atoms with E-state index in [-0.39, 0.29) is 0 Å². The van der Waals surface area contributed by atoms with E-state index in [9.17, 15) is 0 Å². The lowest BCUT2D eigenvalue weighted by atomic mass is 9.95. The van der Waals surface area contributed by atoms with Crippen LogP contribution in [0, 0.1) is 0 Å². The fraction of sp³-hybridized carbons (Fsp3) is 0.667. The Kier molecular flexibility index (Phi) is 4.30. The highest BCUT2D eigenvalue weighted by molar-refractivity contribution is 5.50. The van der Waals surface area contributed by atoms with E-state index in [0.717, 1.165) is 12.5 Å². The monoisotopic (exact) mass is 272 g/mol. The second-order valence-corrected chi connectivity index (χ2v) is 6.38. The molecule has 2 nitrogen and oxygen atoms in total. The lowest BCUT2D eigenvalue weighted by molar-refractivity contribution is 0.111. The summed E-state index contributed by atoms with van der Waals surface area (Å²) in [5.74, 6) is 0. The third kappa shape index (κ3) is 2.71. The molecule has 1 aromatic carbocycles. The maximum absolute atomic E-state index is 2.75. The lowest BCUT2D eigenvalue weighted by Crippen LogP contribution is -2.59. The molecule has 0 radical (unpaired) electrons. The zero-order valence-corrected chi connectivity index (χ0v) is 13.0. The molecule has 0 bridgehead atoms. The smallest absolute Gasteiger partial charge is 0.0415 e. The van der Waals surface area contributed by atoms with Crippen molar-refractivity contribution in [2.45, 2.75) is 58.0 Å². The first kappa shape index (κ1) is 13.9. The van der Waals surface area contributed by atoms with Gasteiger partial charge in [0.25, 0.3) is 0 Å². The second kappa shape index (κ2) is 6.17. The quantitative estimate of drug-likeness (QED) is 0.828. The van der Waals surface area contributed by atoms with E-state index in [1.165, 1.54) is 56.6 Å². The molecule has 2 heteroatoms. The molecule has 110 valence electrons. The number of hydrogen-bond acceptors (Lipinski definition) is 2. The van der Waals surface area contributed by atoms with E-state index in [1.54, 1.807) is 0 Å². The largest absolute Gasteiger partial charge is 0.366 e. The summed E-state index contributed by atoms with van der Waals surface area (Å²) in [5, 5.41) is 0. The van der Waals surface area contributed by atoms with E-state index >= 15 is 0 Å². The molecule has 0 N–H and O–H groups in total. The molecule has 20 heavy (non-hydrogen) atoms. The number of nitrogens with zero attached hydrogens (tertiary/aromatic N) is 2. The van der Waals surface area contributed by atoms with Gasteiger partial charge in [-0.3, -0.25) is 4.90 Å². The second-order valence-electron chi connectivity index (χ2n) is 6.38. The number of hydrogen-bond donors (Lipinski definition) is 0. The molecule has 2 aliphatic heterocycles. The standard InChI is InChI=1S/C18H28N2/c1-3-15-8-7-10-17(12-15)20-14-18-9-5-6-11-19(18)13-16(20)4-2/h7-8,10,12,16,18H,3-6,9,11,13-14H2,1-2H3. The van der Waals surface area contributed by atoms with E-state index in [1.807, 2.05) is 0 Å². The highest BCUT2D eigenvalue weighted by Crippen LogP contribution is 2.29. The zero-order valence-electron chi connectivity index (χ0n) is 13.0. The van der Waals surface area contributed by atoms with Crippen LogP contribution in [0.3, 0.4) is 0 Å². The van der Waals surface area contributed by atoms with Crippen LogP contribution in [-0.2, 0) is 6.42 Å². The minimum Gasteiger partial charge on any atom is -0.366 e. The summed E-state index contributed by atoms with van der Waals surface area (Å²) in [6.45, 7) is 8.40. The number of piperidine rings is 1. The van der Waals surface area contributed by atoms with Crippen LogP contribution in [0.25, 0.3) is 0 Å². The summed E-state index contributed by atoms with van der Waals surface area (Å²) < 4.78 is 0. The van der Waals surface area contributed by atoms with Crippen molar-refractivity contribution in [3.63, 3.8) is 0 Å². The Morgan fingerprint density at radius 3 is 2.85 bits per heavy atom. The van der Waals surface area contributed by atoms with Crippen molar-refractivity contribution >= 4 is 5.69 Å². The van der Waals surface area contributed by atoms with Gasteiger partial charge in [-0.15, -0.1) is 0 Å². The summed E-state index contributed by atoms with van der Waals surface area (Å²) in [4.78, 5) is 5.43. The Morgan fingerprint density at radius 1 is 1.15 bits per heavy atom. The number of anilines is 1. The molecule has 2 fully saturated rings. The van der Waals surface area contributed by atoms with Crippen molar-refractivity contribution in [1.82, 2.24) is 4.90 Å². The lowest BCUT2D eigenvalue weighted by Gasteiger charge is -2.49. The van der Waals surface area contributed by atoms with Crippen LogP contribution in [0.5, 0.6) is 0 Å². The molecule has 0 amide bonds. The molecule has 0 aromatic heterocycles. The van der Waals surface area contributed by atoms with Crippen molar-refractivity contribution in [2.75, 3.05) is 24.5 Å². The molecule has 0 saturated carbocycles. The molecule has 2 saturated heterocycles. The first-order valence-corrected chi connectivity index (χ1v) is 8.41. The van der Waals surface area contributed by atoms with Gasteiger partial charge >= 0.3 is 0 Å². The average Bonchev–Trinajstić information content (AvgIpc) is 2.53. The molecule has 2 unspecified atom stereocenters. The summed E-state index contributed by atoms with van der Waals surface area (Å²) in [5.41, 5.74) is 2.91. The summed E-state index contributed by atoms with van der Waals surface area (Å²) in [6.07, 6.45) is 6.59. The minimum atomic E-state index is 0.691. The van der Waals surface area contributed by atoms with E-state index in [4.69, 9.17) is 0 Å². The highest BCUT2D eigenvalue weighted by Gasteiger charge is 2.34. The van der Waals surface area contributed by atoms with Gasteiger partial charge in [0.2, 0.25) is 0 Å². The van der Waals surface area contributed by atoms with Crippen LogP contribution in [0.1, 0.15) is 45.1 Å². The highest BCUT2D eigenvalue weighted by atomic mass is 15.3. The van der Waals surface area contributed by atoms with Crippen molar-refractivity contribution in [3.8, 4) is 0 Å². The van der Waals surface area contributed by atoms with Gasteiger partial charge in [-0.25, -0.2) is 0 Å². The zero-order chi connectivity index (χ0) is 13.9. The first-order valence-electron chi connectivity index (χ1n) is 8.41. The normalized spacial score (nSPS) is 27.4. The van der Waals surface area contributed by atoms with Crippen LogP contribution in [0.4, 0.5) is 5.69 Å². The third-order valence-corrected chi connectivity index (χ3v) is 5.16. The van der Waals surface area contributed by atoms with Gasteiger partial charge in [0.15, 0.2) is 0 Å².